The van der Waals surface area contributed by atoms with Gasteiger partial charge in [-0.15, -0.1) is 0 Å². The Morgan fingerprint density at radius 3 is 2.77 bits per heavy atom. The predicted octanol–water partition coefficient (Wildman–Crippen LogP) is 1.06. The average Bonchev–Trinajstić information content (AvgIpc) is 2.47. The minimum absolute atomic E-state index is 0.109. The molecule has 2 rings (SSSR count). The molecule has 0 spiro atoms. The molecule has 1 saturated heterocycles. The lowest BCUT2D eigenvalue weighted by Gasteiger charge is -2.27. The van der Waals surface area contributed by atoms with Crippen LogP contribution in [-0.4, -0.2) is 56.7 Å². The number of hydrogen-bond acceptors (Lipinski definition) is 4. The number of benzene rings is 1. The number of halogens is 3. The minimum Gasteiger partial charge on any atom is -0.434 e. The molecule has 1 fully saturated rings. The van der Waals surface area contributed by atoms with E-state index in [9.17, 15) is 18.0 Å². The first-order valence-electron chi connectivity index (χ1n) is 7.02. The van der Waals surface area contributed by atoms with Gasteiger partial charge in [-0.1, -0.05) is 0 Å². The second-order valence-electron chi connectivity index (χ2n) is 4.87. The summed E-state index contributed by atoms with van der Waals surface area (Å²) in [6.07, 6.45) is 0. The zero-order chi connectivity index (χ0) is 15.9. The minimum atomic E-state index is -3.12. The molecule has 1 aromatic carbocycles. The summed E-state index contributed by atoms with van der Waals surface area (Å²) in [7, 11) is 0. The highest BCUT2D eigenvalue weighted by molar-refractivity contribution is 5.96. The number of rotatable bonds is 6. The van der Waals surface area contributed by atoms with Crippen LogP contribution in [0, 0.1) is 5.82 Å². The van der Waals surface area contributed by atoms with E-state index in [1.807, 2.05) is 0 Å². The maximum Gasteiger partial charge on any atom is 0.387 e. The number of amides is 1. The standard InChI is InChI=1S/C14H18F3N3O2/c15-10-1-2-11(12(9-10)22-14(16)17)13(21)19-5-8-20-6-3-18-4-7-20/h1-2,9,14,18H,3-8H2,(H,19,21). The van der Waals surface area contributed by atoms with Gasteiger partial charge in [0.25, 0.3) is 5.91 Å². The van der Waals surface area contributed by atoms with Crippen molar-refractivity contribution in [3.8, 4) is 5.75 Å². The molecular formula is C14H18F3N3O2. The lowest BCUT2D eigenvalue weighted by molar-refractivity contribution is -0.0503. The molecule has 0 radical (unpaired) electrons. The molecule has 0 aliphatic carbocycles. The van der Waals surface area contributed by atoms with E-state index in [-0.39, 0.29) is 5.56 Å². The van der Waals surface area contributed by atoms with Crippen molar-refractivity contribution in [3.63, 3.8) is 0 Å². The second kappa shape index (κ2) is 8.00. The van der Waals surface area contributed by atoms with Crippen molar-refractivity contribution in [2.45, 2.75) is 6.61 Å². The van der Waals surface area contributed by atoms with Gasteiger partial charge in [0.2, 0.25) is 0 Å². The molecule has 8 heteroatoms. The van der Waals surface area contributed by atoms with Crippen molar-refractivity contribution in [2.24, 2.45) is 0 Å². The van der Waals surface area contributed by atoms with Gasteiger partial charge in [0, 0.05) is 45.3 Å². The van der Waals surface area contributed by atoms with E-state index >= 15 is 0 Å². The molecule has 122 valence electrons. The Morgan fingerprint density at radius 2 is 2.09 bits per heavy atom. The summed E-state index contributed by atoms with van der Waals surface area (Å²) >= 11 is 0. The third kappa shape index (κ3) is 4.88. The van der Waals surface area contributed by atoms with Gasteiger partial charge < -0.3 is 15.4 Å². The Balaban J connectivity index is 1.90. The number of carbonyl (C=O) groups is 1. The van der Waals surface area contributed by atoms with E-state index in [4.69, 9.17) is 0 Å². The fraction of sp³-hybridized carbons (Fsp3) is 0.500. The predicted molar refractivity (Wildman–Crippen MR) is 74.7 cm³/mol. The Kier molecular flexibility index (Phi) is 6.02. The van der Waals surface area contributed by atoms with Crippen molar-refractivity contribution < 1.29 is 22.7 Å². The van der Waals surface area contributed by atoms with E-state index in [1.165, 1.54) is 0 Å². The number of carbonyl (C=O) groups excluding carboxylic acids is 1. The van der Waals surface area contributed by atoms with Crippen LogP contribution >= 0.6 is 0 Å². The highest BCUT2D eigenvalue weighted by atomic mass is 19.3. The second-order valence-corrected chi connectivity index (χ2v) is 4.87. The number of nitrogens with zero attached hydrogens (tertiary/aromatic N) is 1. The van der Waals surface area contributed by atoms with Crippen molar-refractivity contribution in [2.75, 3.05) is 39.3 Å². The first-order valence-corrected chi connectivity index (χ1v) is 7.02. The topological polar surface area (TPSA) is 53.6 Å². The van der Waals surface area contributed by atoms with Crippen LogP contribution in [0.1, 0.15) is 10.4 Å². The van der Waals surface area contributed by atoms with Crippen LogP contribution in [0.5, 0.6) is 5.75 Å². The quantitative estimate of drug-likeness (QED) is 0.824. The number of ether oxygens (including phenoxy) is 1. The van der Waals surface area contributed by atoms with E-state index in [2.05, 4.69) is 20.3 Å². The lowest BCUT2D eigenvalue weighted by Crippen LogP contribution is -2.46. The first-order chi connectivity index (χ1) is 10.6. The van der Waals surface area contributed by atoms with E-state index in [0.29, 0.717) is 13.1 Å². The van der Waals surface area contributed by atoms with Crippen molar-refractivity contribution in [3.05, 3.63) is 29.6 Å². The van der Waals surface area contributed by atoms with Gasteiger partial charge in [-0.3, -0.25) is 9.69 Å². The summed E-state index contributed by atoms with van der Waals surface area (Å²) in [5, 5.41) is 5.85. The largest absolute Gasteiger partial charge is 0.434 e. The molecule has 1 heterocycles. The average molecular weight is 317 g/mol. The molecule has 5 nitrogen and oxygen atoms in total. The zero-order valence-electron chi connectivity index (χ0n) is 11.9. The molecule has 0 saturated carbocycles. The van der Waals surface area contributed by atoms with Crippen LogP contribution in [0.4, 0.5) is 13.2 Å². The van der Waals surface area contributed by atoms with Crippen LogP contribution in [0.2, 0.25) is 0 Å². The normalized spacial score (nSPS) is 15.8. The number of alkyl halides is 2. The molecule has 1 aliphatic rings. The third-order valence-corrected chi connectivity index (χ3v) is 3.33. The summed E-state index contributed by atoms with van der Waals surface area (Å²) < 4.78 is 41.9. The van der Waals surface area contributed by atoms with E-state index < -0.39 is 24.1 Å². The fourth-order valence-corrected chi connectivity index (χ4v) is 2.23. The molecule has 1 aliphatic heterocycles. The van der Waals surface area contributed by atoms with E-state index in [0.717, 1.165) is 44.4 Å². The van der Waals surface area contributed by atoms with Gasteiger partial charge >= 0.3 is 6.61 Å². The Labute approximate surface area is 126 Å². The monoisotopic (exact) mass is 317 g/mol. The summed E-state index contributed by atoms with van der Waals surface area (Å²) in [5.74, 6) is -1.77. The van der Waals surface area contributed by atoms with Crippen LogP contribution < -0.4 is 15.4 Å². The summed E-state index contributed by atoms with van der Waals surface area (Å²) in [6, 6.07) is 2.94. The van der Waals surface area contributed by atoms with Gasteiger partial charge in [-0.2, -0.15) is 8.78 Å². The molecule has 22 heavy (non-hydrogen) atoms. The Hall–Kier alpha value is -1.80. The van der Waals surface area contributed by atoms with Crippen molar-refractivity contribution in [1.82, 2.24) is 15.5 Å². The number of piperazine rings is 1. The van der Waals surface area contributed by atoms with Crippen LogP contribution in [0.15, 0.2) is 18.2 Å². The van der Waals surface area contributed by atoms with Crippen LogP contribution in [0.3, 0.4) is 0 Å². The van der Waals surface area contributed by atoms with Gasteiger partial charge in [-0.25, -0.2) is 4.39 Å². The third-order valence-electron chi connectivity index (χ3n) is 3.33. The molecule has 0 bridgehead atoms. The summed E-state index contributed by atoms with van der Waals surface area (Å²) in [4.78, 5) is 14.2. The first kappa shape index (κ1) is 16.6. The van der Waals surface area contributed by atoms with Gasteiger partial charge in [0.15, 0.2) is 0 Å². The molecule has 0 unspecified atom stereocenters. The van der Waals surface area contributed by atoms with Gasteiger partial charge in [0.1, 0.15) is 11.6 Å². The Bertz CT molecular complexity index is 508. The molecular weight excluding hydrogens is 299 g/mol. The van der Waals surface area contributed by atoms with Gasteiger partial charge in [-0.05, 0) is 12.1 Å². The smallest absolute Gasteiger partial charge is 0.387 e. The molecule has 0 aromatic heterocycles. The zero-order valence-corrected chi connectivity index (χ0v) is 11.9. The van der Waals surface area contributed by atoms with Crippen molar-refractivity contribution >= 4 is 5.91 Å². The maximum absolute atomic E-state index is 13.1. The summed E-state index contributed by atoms with van der Waals surface area (Å²) in [5.41, 5.74) is -0.109. The van der Waals surface area contributed by atoms with Crippen LogP contribution in [0.25, 0.3) is 0 Å². The Morgan fingerprint density at radius 1 is 1.36 bits per heavy atom. The lowest BCUT2D eigenvalue weighted by atomic mass is 10.2. The molecule has 2 N–H and O–H groups in total. The molecule has 1 amide bonds. The number of hydrogen-bond donors (Lipinski definition) is 2. The number of nitrogens with one attached hydrogen (secondary N) is 2. The highest BCUT2D eigenvalue weighted by Crippen LogP contribution is 2.21. The van der Waals surface area contributed by atoms with Crippen LogP contribution in [-0.2, 0) is 0 Å². The van der Waals surface area contributed by atoms with E-state index in [1.54, 1.807) is 0 Å². The molecule has 1 aromatic rings. The summed E-state index contributed by atoms with van der Waals surface area (Å²) in [6.45, 7) is 1.52. The fourth-order valence-electron chi connectivity index (χ4n) is 2.23. The SMILES string of the molecule is O=C(NCCN1CCNCC1)c1ccc(F)cc1OC(F)F. The highest BCUT2D eigenvalue weighted by Gasteiger charge is 2.17. The van der Waals surface area contributed by atoms with Crippen molar-refractivity contribution in [1.29, 1.82) is 0 Å². The molecule has 0 atom stereocenters. The van der Waals surface area contributed by atoms with Gasteiger partial charge in [0.05, 0.1) is 5.56 Å². The maximum atomic E-state index is 13.1.